The van der Waals surface area contributed by atoms with Crippen LogP contribution in [0.3, 0.4) is 0 Å². The molecule has 3 aromatic rings. The monoisotopic (exact) mass is 324 g/mol. The van der Waals surface area contributed by atoms with Crippen LogP contribution in [0.2, 0.25) is 0 Å². The predicted molar refractivity (Wildman–Crippen MR) is 97.9 cm³/mol. The van der Waals surface area contributed by atoms with Crippen molar-refractivity contribution >= 4 is 22.5 Å². The summed E-state index contributed by atoms with van der Waals surface area (Å²) in [5, 5.41) is 4.00. The van der Waals surface area contributed by atoms with E-state index in [2.05, 4.69) is 34.3 Å². The first-order valence-corrected chi connectivity index (χ1v) is 8.07. The fourth-order valence-electron chi connectivity index (χ4n) is 2.71. The molecule has 0 atom stereocenters. The highest BCUT2D eigenvalue weighted by molar-refractivity contribution is 5.92. The van der Waals surface area contributed by atoms with Gasteiger partial charge in [-0.05, 0) is 54.3 Å². The summed E-state index contributed by atoms with van der Waals surface area (Å²) in [6, 6.07) is 12.8. The van der Waals surface area contributed by atoms with Crippen molar-refractivity contribution in [2.24, 2.45) is 10.7 Å². The van der Waals surface area contributed by atoms with Crippen LogP contribution in [0.1, 0.15) is 18.1 Å². The van der Waals surface area contributed by atoms with Gasteiger partial charge in [0.25, 0.3) is 0 Å². The van der Waals surface area contributed by atoms with Gasteiger partial charge < -0.3 is 16.0 Å². The van der Waals surface area contributed by atoms with Crippen LogP contribution in [0.5, 0.6) is 0 Å². The standard InChI is InChI=1S/C19H21FN4/c1-2-13-4-3-5-16(10-13)24-19(21)22-9-8-14-12-23-18-7-6-15(20)11-17(14)18/h3-7,10-12,23H,2,8-9H2,1H3,(H3,21,22,24). The van der Waals surface area contributed by atoms with Crippen LogP contribution in [0.4, 0.5) is 10.1 Å². The van der Waals surface area contributed by atoms with Crippen molar-refractivity contribution in [1.29, 1.82) is 0 Å². The third kappa shape index (κ3) is 3.74. The summed E-state index contributed by atoms with van der Waals surface area (Å²) in [4.78, 5) is 7.50. The number of benzene rings is 2. The predicted octanol–water partition coefficient (Wildman–Crippen LogP) is 3.84. The number of aromatic amines is 1. The van der Waals surface area contributed by atoms with Crippen LogP contribution >= 0.6 is 0 Å². The Balaban J connectivity index is 1.63. The number of anilines is 1. The molecule has 3 rings (SSSR count). The van der Waals surface area contributed by atoms with Gasteiger partial charge in [-0.2, -0.15) is 0 Å². The number of H-pyrrole nitrogens is 1. The van der Waals surface area contributed by atoms with Crippen LogP contribution in [-0.2, 0) is 12.8 Å². The van der Waals surface area contributed by atoms with Crippen LogP contribution in [0, 0.1) is 5.82 Å². The van der Waals surface area contributed by atoms with Crippen LogP contribution in [-0.4, -0.2) is 17.5 Å². The highest BCUT2D eigenvalue weighted by Crippen LogP contribution is 2.19. The third-order valence-electron chi connectivity index (χ3n) is 4.00. The maximum Gasteiger partial charge on any atom is 0.193 e. The Morgan fingerprint density at radius 3 is 2.96 bits per heavy atom. The quantitative estimate of drug-likeness (QED) is 0.493. The average Bonchev–Trinajstić information content (AvgIpc) is 2.97. The first kappa shape index (κ1) is 16.1. The SMILES string of the molecule is CCc1cccc(NC(N)=NCCc2c[nH]c3ccc(F)cc23)c1. The minimum absolute atomic E-state index is 0.233. The fourth-order valence-corrected chi connectivity index (χ4v) is 2.71. The Kier molecular flexibility index (Phi) is 4.79. The average molecular weight is 324 g/mol. The van der Waals surface area contributed by atoms with Gasteiger partial charge in [-0.1, -0.05) is 19.1 Å². The van der Waals surface area contributed by atoms with E-state index in [9.17, 15) is 4.39 Å². The van der Waals surface area contributed by atoms with E-state index in [-0.39, 0.29) is 5.82 Å². The van der Waals surface area contributed by atoms with Crippen LogP contribution in [0.25, 0.3) is 10.9 Å². The van der Waals surface area contributed by atoms with E-state index in [0.29, 0.717) is 18.9 Å². The number of nitrogens with two attached hydrogens (primary N) is 1. The number of aryl methyl sites for hydroxylation is 1. The summed E-state index contributed by atoms with van der Waals surface area (Å²) >= 11 is 0. The van der Waals surface area contributed by atoms with Gasteiger partial charge in [0.2, 0.25) is 0 Å². The van der Waals surface area contributed by atoms with Crippen molar-refractivity contribution < 1.29 is 4.39 Å². The Bertz CT molecular complexity index is 867. The molecule has 5 heteroatoms. The van der Waals surface area contributed by atoms with Gasteiger partial charge in [0.1, 0.15) is 5.82 Å². The van der Waals surface area contributed by atoms with E-state index in [1.807, 2.05) is 18.3 Å². The minimum Gasteiger partial charge on any atom is -0.370 e. The molecule has 0 fully saturated rings. The second kappa shape index (κ2) is 7.17. The van der Waals surface area contributed by atoms with Gasteiger partial charge in [0.05, 0.1) is 0 Å². The highest BCUT2D eigenvalue weighted by atomic mass is 19.1. The molecule has 0 aliphatic heterocycles. The second-order valence-electron chi connectivity index (χ2n) is 5.70. The summed E-state index contributed by atoms with van der Waals surface area (Å²) < 4.78 is 13.4. The molecule has 0 aliphatic carbocycles. The molecule has 1 heterocycles. The van der Waals surface area contributed by atoms with Crippen molar-refractivity contribution in [3.8, 4) is 0 Å². The molecule has 0 saturated heterocycles. The number of hydrogen-bond acceptors (Lipinski definition) is 1. The topological polar surface area (TPSA) is 66.2 Å². The van der Waals surface area contributed by atoms with E-state index in [0.717, 1.165) is 28.6 Å². The zero-order chi connectivity index (χ0) is 16.9. The normalized spacial score (nSPS) is 11.8. The largest absolute Gasteiger partial charge is 0.370 e. The molecule has 24 heavy (non-hydrogen) atoms. The number of guanidine groups is 1. The number of hydrogen-bond donors (Lipinski definition) is 3. The number of nitrogens with one attached hydrogen (secondary N) is 2. The van der Waals surface area contributed by atoms with E-state index in [1.54, 1.807) is 12.1 Å². The molecule has 4 N–H and O–H groups in total. The molecule has 0 amide bonds. The Labute approximate surface area is 140 Å². The summed E-state index contributed by atoms with van der Waals surface area (Å²) in [6.07, 6.45) is 3.57. The minimum atomic E-state index is -0.233. The molecule has 2 aromatic carbocycles. The highest BCUT2D eigenvalue weighted by Gasteiger charge is 2.04. The maximum absolute atomic E-state index is 13.4. The van der Waals surface area contributed by atoms with Gasteiger partial charge >= 0.3 is 0 Å². The number of nitrogens with zero attached hydrogens (tertiary/aromatic N) is 1. The first-order chi connectivity index (χ1) is 11.7. The van der Waals surface area contributed by atoms with E-state index in [4.69, 9.17) is 5.73 Å². The molecule has 4 nitrogen and oxygen atoms in total. The lowest BCUT2D eigenvalue weighted by atomic mass is 10.1. The van der Waals surface area contributed by atoms with E-state index >= 15 is 0 Å². The van der Waals surface area contributed by atoms with E-state index in [1.165, 1.54) is 11.6 Å². The third-order valence-corrected chi connectivity index (χ3v) is 4.00. The Morgan fingerprint density at radius 1 is 1.25 bits per heavy atom. The Hall–Kier alpha value is -2.82. The van der Waals surface area contributed by atoms with Crippen molar-refractivity contribution in [2.45, 2.75) is 19.8 Å². The molecule has 1 aromatic heterocycles. The summed E-state index contributed by atoms with van der Waals surface area (Å²) in [5.74, 6) is 0.151. The van der Waals surface area contributed by atoms with Crippen LogP contribution < -0.4 is 11.1 Å². The molecule has 0 unspecified atom stereocenters. The van der Waals surface area contributed by atoms with Crippen LogP contribution in [0.15, 0.2) is 53.7 Å². The number of fused-ring (bicyclic) bond motifs is 1. The van der Waals surface area contributed by atoms with E-state index < -0.39 is 0 Å². The number of aliphatic imine (C=N–C) groups is 1. The maximum atomic E-state index is 13.4. The molecule has 0 spiro atoms. The molecule has 0 saturated carbocycles. The smallest absolute Gasteiger partial charge is 0.193 e. The van der Waals surface area contributed by atoms with Crippen molar-refractivity contribution in [3.63, 3.8) is 0 Å². The summed E-state index contributed by atoms with van der Waals surface area (Å²) in [6.45, 7) is 2.65. The number of rotatable bonds is 5. The van der Waals surface area contributed by atoms with Crippen molar-refractivity contribution in [3.05, 3.63) is 65.6 Å². The molecule has 0 bridgehead atoms. The fraction of sp³-hybridized carbons (Fsp3) is 0.211. The molecule has 0 aliphatic rings. The molecule has 0 radical (unpaired) electrons. The van der Waals surface area contributed by atoms with Gasteiger partial charge in [0, 0.05) is 29.3 Å². The van der Waals surface area contributed by atoms with Gasteiger partial charge in [-0.15, -0.1) is 0 Å². The van der Waals surface area contributed by atoms with Gasteiger partial charge in [0.15, 0.2) is 5.96 Å². The Morgan fingerprint density at radius 2 is 2.12 bits per heavy atom. The second-order valence-corrected chi connectivity index (χ2v) is 5.70. The lowest BCUT2D eigenvalue weighted by molar-refractivity contribution is 0.629. The van der Waals surface area contributed by atoms with Gasteiger partial charge in [-0.25, -0.2) is 4.39 Å². The summed E-state index contributed by atoms with van der Waals surface area (Å²) in [5.41, 5.74) is 10.1. The summed E-state index contributed by atoms with van der Waals surface area (Å²) in [7, 11) is 0. The number of halogens is 1. The molecular formula is C19H21FN4. The lowest BCUT2D eigenvalue weighted by Crippen LogP contribution is -2.23. The first-order valence-electron chi connectivity index (χ1n) is 8.07. The number of aromatic nitrogens is 1. The van der Waals surface area contributed by atoms with Crippen molar-refractivity contribution in [2.75, 3.05) is 11.9 Å². The lowest BCUT2D eigenvalue weighted by Gasteiger charge is -2.07. The molecule has 124 valence electrons. The zero-order valence-electron chi connectivity index (χ0n) is 13.6. The van der Waals surface area contributed by atoms with Crippen molar-refractivity contribution in [1.82, 2.24) is 4.98 Å². The molecular weight excluding hydrogens is 303 g/mol. The van der Waals surface area contributed by atoms with Gasteiger partial charge in [-0.3, -0.25) is 4.99 Å². The zero-order valence-corrected chi connectivity index (χ0v) is 13.6.